The van der Waals surface area contributed by atoms with E-state index < -0.39 is 79.2 Å². The molecule has 1 rings (SSSR count). The second-order valence-electron chi connectivity index (χ2n) is 22.9. The number of aliphatic hydroxyl groups excluding tert-OH is 12. The maximum atomic E-state index is 12.8. The zero-order valence-electron chi connectivity index (χ0n) is 50.9. The number of nitrogens with one attached hydrogen (secondary N) is 1. The third-order valence-corrected chi connectivity index (χ3v) is 15.2. The molecule has 15 N–H and O–H groups in total. The number of hydrogen-bond acceptors (Lipinski definition) is 14. The summed E-state index contributed by atoms with van der Waals surface area (Å²) in [4.78, 5) is 17.1. The van der Waals surface area contributed by atoms with Crippen molar-refractivity contribution in [3.8, 4) is 0 Å². The molecule has 17 atom stereocenters. The fourth-order valence-electron chi connectivity index (χ4n) is 9.74. The zero-order chi connectivity index (χ0) is 62.5. The molecule has 0 bridgehead atoms. The smallest absolute Gasteiger partial charge is 0.188 e. The van der Waals surface area contributed by atoms with E-state index in [9.17, 15) is 66.1 Å². The van der Waals surface area contributed by atoms with Gasteiger partial charge in [-0.05, 0) is 82.5 Å². The molecule has 0 heterocycles. The van der Waals surface area contributed by atoms with Crippen molar-refractivity contribution in [2.24, 2.45) is 40.3 Å². The number of nitrogens with zero attached hydrogens (tertiary/aromatic N) is 1. The summed E-state index contributed by atoms with van der Waals surface area (Å²) in [5.74, 6) is 0.373. The molecular weight excluding hydrogens is 1070 g/mol. The molecule has 16 heteroatoms. The highest BCUT2D eigenvalue weighted by atomic mass is 16.3. The summed E-state index contributed by atoms with van der Waals surface area (Å²) in [6, 6.07) is 0. The van der Waals surface area contributed by atoms with Gasteiger partial charge in [0, 0.05) is 56.5 Å². The van der Waals surface area contributed by atoms with Gasteiger partial charge in [0.25, 0.3) is 0 Å². The Morgan fingerprint density at radius 2 is 1.08 bits per heavy atom. The SMILES string of the molecule is C=CC=CCCC=CC(C)C(O)C(C)C(O)C=CC=CC=CC=CC=CC=CCC(O)C(C)C(=O)CC(O)CC(O)C=CCC(O)CC(O)CC(O)C=CCC(O)CC(O)C=CCC(O)CC(O)CCCN=C(N)NCCC1CCCCC1C. The molecular formula is C68H111N3O13. The maximum absolute atomic E-state index is 12.8. The topological polar surface area (TPSA) is 310 Å². The molecule has 1 aliphatic carbocycles. The van der Waals surface area contributed by atoms with Gasteiger partial charge in [-0.3, -0.25) is 9.79 Å². The van der Waals surface area contributed by atoms with E-state index in [0.29, 0.717) is 25.3 Å². The van der Waals surface area contributed by atoms with Gasteiger partial charge in [0.15, 0.2) is 5.96 Å². The Morgan fingerprint density at radius 3 is 1.67 bits per heavy atom. The zero-order valence-corrected chi connectivity index (χ0v) is 50.9. The van der Waals surface area contributed by atoms with Crippen molar-refractivity contribution in [3.05, 3.63) is 146 Å². The van der Waals surface area contributed by atoms with Crippen LogP contribution in [-0.4, -0.2) is 159 Å². The summed E-state index contributed by atoms with van der Waals surface area (Å²) in [5.41, 5.74) is 6.01. The number of hydrogen-bond donors (Lipinski definition) is 14. The Labute approximate surface area is 503 Å². The molecule has 16 nitrogen and oxygen atoms in total. The number of rotatable bonds is 46. The third-order valence-electron chi connectivity index (χ3n) is 15.2. The summed E-state index contributed by atoms with van der Waals surface area (Å²) in [6.45, 7) is 12.6. The molecule has 0 radical (unpaired) electrons. The van der Waals surface area contributed by atoms with Crippen LogP contribution < -0.4 is 11.1 Å². The number of nitrogens with two attached hydrogens (primary N) is 1. The van der Waals surface area contributed by atoms with E-state index in [2.05, 4.69) is 23.8 Å². The molecule has 0 aromatic carbocycles. The fraction of sp³-hybridized carbons (Fsp3) is 0.618. The van der Waals surface area contributed by atoms with Crippen LogP contribution in [0.25, 0.3) is 0 Å². The van der Waals surface area contributed by atoms with Crippen molar-refractivity contribution in [2.75, 3.05) is 13.1 Å². The molecule has 0 spiro atoms. The highest BCUT2D eigenvalue weighted by Crippen LogP contribution is 2.31. The van der Waals surface area contributed by atoms with Crippen LogP contribution in [0, 0.1) is 29.6 Å². The minimum atomic E-state index is -1.16. The number of carbonyl (C=O) groups excluding carboxylic acids is 1. The summed E-state index contributed by atoms with van der Waals surface area (Å²) in [7, 11) is 0. The van der Waals surface area contributed by atoms with Gasteiger partial charge in [0.05, 0.1) is 73.2 Å². The van der Waals surface area contributed by atoms with Gasteiger partial charge in [-0.15, -0.1) is 0 Å². The van der Waals surface area contributed by atoms with Gasteiger partial charge in [0.1, 0.15) is 5.78 Å². The van der Waals surface area contributed by atoms with Gasteiger partial charge in [-0.1, -0.05) is 200 Å². The summed E-state index contributed by atoms with van der Waals surface area (Å²) >= 11 is 0. The van der Waals surface area contributed by atoms with Crippen LogP contribution in [0.2, 0.25) is 0 Å². The van der Waals surface area contributed by atoms with E-state index in [1.165, 1.54) is 50.0 Å². The molecule has 1 fully saturated rings. The first-order chi connectivity index (χ1) is 40.1. The van der Waals surface area contributed by atoms with Crippen LogP contribution >= 0.6 is 0 Å². The van der Waals surface area contributed by atoms with Gasteiger partial charge in [-0.2, -0.15) is 0 Å². The third kappa shape index (κ3) is 40.6. The molecule has 0 aliphatic heterocycles. The number of ketones is 1. The number of guanidine groups is 1. The van der Waals surface area contributed by atoms with Crippen LogP contribution in [0.3, 0.4) is 0 Å². The first-order valence-corrected chi connectivity index (χ1v) is 30.8. The summed E-state index contributed by atoms with van der Waals surface area (Å²) in [6.07, 6.45) is 38.3. The first-order valence-electron chi connectivity index (χ1n) is 30.8. The fourth-order valence-corrected chi connectivity index (χ4v) is 9.74. The van der Waals surface area contributed by atoms with Crippen LogP contribution in [-0.2, 0) is 4.79 Å². The van der Waals surface area contributed by atoms with Crippen LogP contribution in [0.1, 0.15) is 150 Å². The second kappa shape index (κ2) is 48.5. The Balaban J connectivity index is 2.27. The molecule has 0 aromatic heterocycles. The number of Topliss-reactive ketones (excluding diaryl/α,β-unsaturated/α-hetero) is 1. The van der Waals surface area contributed by atoms with Crippen molar-refractivity contribution in [3.63, 3.8) is 0 Å². The number of allylic oxidation sites excluding steroid dienone is 14. The van der Waals surface area contributed by atoms with Gasteiger partial charge >= 0.3 is 0 Å². The molecule has 0 saturated heterocycles. The molecule has 1 aliphatic rings. The molecule has 0 aromatic rings. The molecule has 1 saturated carbocycles. The monoisotopic (exact) mass is 1180 g/mol. The van der Waals surface area contributed by atoms with Crippen molar-refractivity contribution >= 4 is 11.7 Å². The van der Waals surface area contributed by atoms with Gasteiger partial charge in [-0.25, -0.2) is 0 Å². The highest BCUT2D eigenvalue weighted by Gasteiger charge is 2.26. The lowest BCUT2D eigenvalue weighted by atomic mass is 9.79. The lowest BCUT2D eigenvalue weighted by molar-refractivity contribution is -0.127. The predicted molar refractivity (Wildman–Crippen MR) is 340 cm³/mol. The number of aliphatic imine (C=N–C) groups is 1. The quantitative estimate of drug-likeness (QED) is 0.00914. The number of aliphatic hydroxyl groups is 12. The standard InChI is InChI=1S/C68H111N3O13/c1-6-7-8-9-17-20-30-51(3)67(84)53(5)65(82)40-22-19-16-14-12-10-11-13-15-18-21-39-64(81)52(4)66(83)49-63(80)48-60(77)37-27-36-59(76)47-62(79)46-58(75)35-26-34-56(73)44-55(72)32-25-33-57(74)45-61(78)38-28-42-70-68(69)71-43-41-54-31-24-23-29-50(54)2/h6-8,10-16,18-22,25-27,30,32,35,37,40,50-65,67,72-82,84H,1,9,17,23-24,28-29,31,33-34,36,38-39,41-49H2,2-5H3,(H3,69,70,71). The highest BCUT2D eigenvalue weighted by molar-refractivity contribution is 5.81. The van der Waals surface area contributed by atoms with Crippen molar-refractivity contribution in [1.82, 2.24) is 5.32 Å². The Bertz CT molecular complexity index is 2100. The first kappa shape index (κ1) is 77.4. The minimum Gasteiger partial charge on any atom is -0.393 e. The average molecular weight is 1180 g/mol. The van der Waals surface area contributed by atoms with Crippen molar-refractivity contribution < 1.29 is 66.1 Å². The van der Waals surface area contributed by atoms with E-state index in [1.807, 2.05) is 74.6 Å². The normalized spacial score (nSPS) is 21.6. The van der Waals surface area contributed by atoms with Gasteiger partial charge in [0.2, 0.25) is 0 Å². The molecule has 0 amide bonds. The molecule has 476 valence electrons. The summed E-state index contributed by atoms with van der Waals surface area (Å²) in [5, 5.41) is 129. The largest absolute Gasteiger partial charge is 0.393 e. The van der Waals surface area contributed by atoms with Crippen molar-refractivity contribution in [2.45, 2.75) is 223 Å². The van der Waals surface area contributed by atoms with Crippen LogP contribution in [0.5, 0.6) is 0 Å². The number of carbonyl (C=O) groups is 1. The Morgan fingerprint density at radius 1 is 0.571 bits per heavy atom. The van der Waals surface area contributed by atoms with E-state index in [0.717, 1.165) is 37.6 Å². The van der Waals surface area contributed by atoms with Crippen LogP contribution in [0.15, 0.2) is 151 Å². The molecule has 17 unspecified atom stereocenters. The van der Waals surface area contributed by atoms with E-state index in [-0.39, 0.29) is 81.8 Å². The minimum absolute atomic E-state index is 0.0153. The molecule has 84 heavy (non-hydrogen) atoms. The lowest BCUT2D eigenvalue weighted by Crippen LogP contribution is -2.34. The van der Waals surface area contributed by atoms with Gasteiger partial charge < -0.3 is 72.3 Å². The van der Waals surface area contributed by atoms with E-state index in [1.54, 1.807) is 61.6 Å². The van der Waals surface area contributed by atoms with Crippen LogP contribution in [0.4, 0.5) is 0 Å². The number of unbranched alkanes of at least 4 members (excludes halogenated alkanes) is 1. The Hall–Kier alpha value is -4.66. The maximum Gasteiger partial charge on any atom is 0.188 e. The second-order valence-corrected chi connectivity index (χ2v) is 22.9. The Kier molecular flexibility index (Phi) is 44.6. The summed E-state index contributed by atoms with van der Waals surface area (Å²) < 4.78 is 0. The van der Waals surface area contributed by atoms with E-state index in [4.69, 9.17) is 5.73 Å². The van der Waals surface area contributed by atoms with E-state index >= 15 is 0 Å². The average Bonchev–Trinajstić information content (AvgIpc) is 3.53. The van der Waals surface area contributed by atoms with Crippen molar-refractivity contribution in [1.29, 1.82) is 0 Å². The lowest BCUT2D eigenvalue weighted by Gasteiger charge is -2.28. The predicted octanol–water partition coefficient (Wildman–Crippen LogP) is 7.68.